The second-order valence-electron chi connectivity index (χ2n) is 6.87. The molecule has 0 spiro atoms. The van der Waals surface area contributed by atoms with Crippen LogP contribution in [0.25, 0.3) is 0 Å². The Kier molecular flexibility index (Phi) is 8.03. The summed E-state index contributed by atoms with van der Waals surface area (Å²) in [6, 6.07) is 31.5. The lowest BCUT2D eigenvalue weighted by atomic mass is 9.80. The molecule has 0 heterocycles. The normalized spacial score (nSPS) is 13.2. The zero-order chi connectivity index (χ0) is 20.4. The van der Waals surface area contributed by atoms with Gasteiger partial charge in [-0.1, -0.05) is 126 Å². The van der Waals surface area contributed by atoms with Crippen molar-refractivity contribution in [1.82, 2.24) is 0 Å². The molecule has 0 aliphatic heterocycles. The van der Waals surface area contributed by atoms with E-state index in [-0.39, 0.29) is 6.10 Å². The number of rotatable bonds is 9. The Labute approximate surface area is 182 Å². The van der Waals surface area contributed by atoms with E-state index in [0.717, 1.165) is 29.5 Å². The Balaban J connectivity index is 2.20. The van der Waals surface area contributed by atoms with Gasteiger partial charge in [0.05, 0.1) is 6.10 Å². The molecule has 1 unspecified atom stereocenters. The van der Waals surface area contributed by atoms with Gasteiger partial charge in [0.15, 0.2) is 0 Å². The summed E-state index contributed by atoms with van der Waals surface area (Å²) in [5, 5.41) is 0. The monoisotopic (exact) mass is 446 g/mol. The molecule has 0 aliphatic carbocycles. The molecule has 1 atom stereocenters. The summed E-state index contributed by atoms with van der Waals surface area (Å²) < 4.78 is 7.02. The first kappa shape index (κ1) is 21.3. The summed E-state index contributed by atoms with van der Waals surface area (Å²) in [6.45, 7) is 2.15. The predicted molar refractivity (Wildman–Crippen MR) is 126 cm³/mol. The maximum atomic E-state index is 7.02. The minimum atomic E-state index is -0.707. The molecule has 29 heavy (non-hydrogen) atoms. The highest BCUT2D eigenvalue weighted by molar-refractivity contribution is 9.11. The predicted octanol–water partition coefficient (Wildman–Crippen LogP) is 7.63. The van der Waals surface area contributed by atoms with E-state index in [1.54, 1.807) is 0 Å². The lowest BCUT2D eigenvalue weighted by Gasteiger charge is -2.38. The average molecular weight is 447 g/mol. The number of allylic oxidation sites excluding steroid dienone is 1. The topological polar surface area (TPSA) is 9.23 Å². The van der Waals surface area contributed by atoms with Crippen molar-refractivity contribution in [2.45, 2.75) is 31.5 Å². The molecule has 0 saturated heterocycles. The van der Waals surface area contributed by atoms with Gasteiger partial charge in [-0.2, -0.15) is 0 Å². The molecule has 3 rings (SSSR count). The molecule has 148 valence electrons. The molecule has 0 fully saturated rings. The van der Waals surface area contributed by atoms with E-state index in [1.165, 1.54) is 0 Å². The molecular weight excluding hydrogens is 420 g/mol. The van der Waals surface area contributed by atoms with Crippen LogP contribution < -0.4 is 0 Å². The van der Waals surface area contributed by atoms with Gasteiger partial charge in [-0.15, -0.1) is 0 Å². The number of hydrogen-bond acceptors (Lipinski definition) is 1. The average Bonchev–Trinajstić information content (AvgIpc) is 2.79. The molecule has 3 aromatic rings. The summed E-state index contributed by atoms with van der Waals surface area (Å²) in [5.74, 6) is 0. The zero-order valence-electron chi connectivity index (χ0n) is 16.7. The summed E-state index contributed by atoms with van der Waals surface area (Å²) in [4.78, 5) is 1.89. The van der Waals surface area contributed by atoms with E-state index in [2.05, 4.69) is 114 Å². The maximum absolute atomic E-state index is 7.02. The second-order valence-corrected chi connectivity index (χ2v) is 7.40. The van der Waals surface area contributed by atoms with Crippen molar-refractivity contribution in [2.75, 3.05) is 0 Å². The van der Waals surface area contributed by atoms with Crippen LogP contribution in [-0.2, 0) is 10.3 Å². The second kappa shape index (κ2) is 10.9. The van der Waals surface area contributed by atoms with E-state index in [0.29, 0.717) is 0 Å². The Morgan fingerprint density at radius 2 is 1.21 bits per heavy atom. The van der Waals surface area contributed by atoms with Gasteiger partial charge in [-0.3, -0.25) is 0 Å². The molecule has 0 bridgehead atoms. The van der Waals surface area contributed by atoms with E-state index >= 15 is 0 Å². The first-order valence-corrected chi connectivity index (χ1v) is 11.0. The molecule has 0 saturated carbocycles. The molecular formula is C27H27BrO. The van der Waals surface area contributed by atoms with Crippen LogP contribution in [0.3, 0.4) is 0 Å². The molecule has 0 N–H and O–H groups in total. The van der Waals surface area contributed by atoms with E-state index < -0.39 is 5.60 Å². The first-order valence-electron chi connectivity index (χ1n) is 10.1. The molecule has 0 aromatic heterocycles. The smallest absolute Gasteiger partial charge is 0.144 e. The van der Waals surface area contributed by atoms with Crippen LogP contribution in [0.15, 0.2) is 114 Å². The van der Waals surface area contributed by atoms with Crippen molar-refractivity contribution in [3.8, 4) is 0 Å². The van der Waals surface area contributed by atoms with Crippen molar-refractivity contribution in [2.24, 2.45) is 0 Å². The minimum Gasteiger partial charge on any atom is -0.353 e. The van der Waals surface area contributed by atoms with Gasteiger partial charge in [0.25, 0.3) is 0 Å². The van der Waals surface area contributed by atoms with Gasteiger partial charge in [0.1, 0.15) is 5.60 Å². The minimum absolute atomic E-state index is 0.0854. The molecule has 0 amide bonds. The summed E-state index contributed by atoms with van der Waals surface area (Å²) in [6.07, 6.45) is 8.20. The fourth-order valence-electron chi connectivity index (χ4n) is 3.59. The van der Waals surface area contributed by atoms with E-state index in [1.807, 2.05) is 23.2 Å². The van der Waals surface area contributed by atoms with Crippen molar-refractivity contribution in [3.05, 3.63) is 131 Å². The lowest BCUT2D eigenvalue weighted by molar-refractivity contribution is -0.0227. The highest BCUT2D eigenvalue weighted by atomic mass is 79.9. The van der Waals surface area contributed by atoms with Crippen LogP contribution >= 0.6 is 15.9 Å². The molecule has 1 nitrogen and oxygen atoms in total. The fraction of sp³-hybridized carbons (Fsp3) is 0.185. The number of hydrogen-bond donors (Lipinski definition) is 0. The van der Waals surface area contributed by atoms with Crippen LogP contribution in [0.5, 0.6) is 0 Å². The zero-order valence-corrected chi connectivity index (χ0v) is 18.3. The third-order valence-corrected chi connectivity index (χ3v) is 5.23. The Morgan fingerprint density at radius 3 is 1.59 bits per heavy atom. The largest absolute Gasteiger partial charge is 0.353 e. The molecule has 2 heteroatoms. The third-order valence-electron chi connectivity index (χ3n) is 4.93. The SMILES string of the molecule is CC/C=C\CC(/C=C/Br)OC(c1ccccc1)(c1ccccc1)c1ccccc1. The molecule has 0 aliphatic rings. The van der Waals surface area contributed by atoms with Crippen molar-refractivity contribution >= 4 is 15.9 Å². The van der Waals surface area contributed by atoms with Crippen molar-refractivity contribution in [1.29, 1.82) is 0 Å². The van der Waals surface area contributed by atoms with Gasteiger partial charge < -0.3 is 4.74 Å². The Morgan fingerprint density at radius 1 is 0.759 bits per heavy atom. The van der Waals surface area contributed by atoms with Crippen LogP contribution in [0.2, 0.25) is 0 Å². The van der Waals surface area contributed by atoms with Crippen LogP contribution in [0.1, 0.15) is 36.5 Å². The van der Waals surface area contributed by atoms with Gasteiger partial charge >= 0.3 is 0 Å². The summed E-state index contributed by atoms with van der Waals surface area (Å²) in [5.41, 5.74) is 2.64. The summed E-state index contributed by atoms with van der Waals surface area (Å²) >= 11 is 3.45. The number of benzene rings is 3. The Hall–Kier alpha value is -2.42. The number of halogens is 1. The van der Waals surface area contributed by atoms with Gasteiger partial charge in [0.2, 0.25) is 0 Å². The van der Waals surface area contributed by atoms with E-state index in [4.69, 9.17) is 4.74 Å². The highest BCUT2D eigenvalue weighted by Gasteiger charge is 2.39. The first-order chi connectivity index (χ1) is 14.3. The van der Waals surface area contributed by atoms with Gasteiger partial charge in [-0.25, -0.2) is 0 Å². The van der Waals surface area contributed by atoms with Crippen molar-refractivity contribution in [3.63, 3.8) is 0 Å². The van der Waals surface area contributed by atoms with E-state index in [9.17, 15) is 0 Å². The van der Waals surface area contributed by atoms with Crippen molar-refractivity contribution < 1.29 is 4.74 Å². The third kappa shape index (κ3) is 5.14. The molecule has 0 radical (unpaired) electrons. The van der Waals surface area contributed by atoms with Gasteiger partial charge in [-0.05, 0) is 40.6 Å². The van der Waals surface area contributed by atoms with Crippen LogP contribution in [0, 0.1) is 0 Å². The lowest BCUT2D eigenvalue weighted by Crippen LogP contribution is -2.36. The number of ether oxygens (including phenoxy) is 1. The standard InChI is InChI=1S/C27H27BrO/c1-2-3-7-20-26(21-22-28)29-27(23-14-8-4-9-15-23,24-16-10-5-11-17-24)25-18-12-6-13-19-25/h3-19,21-22,26H,2,20H2,1H3/b7-3-,22-21+. The maximum Gasteiger partial charge on any atom is 0.144 e. The molecule has 3 aromatic carbocycles. The Bertz CT molecular complexity index is 804. The highest BCUT2D eigenvalue weighted by Crippen LogP contribution is 2.41. The van der Waals surface area contributed by atoms with Crippen LogP contribution in [-0.4, -0.2) is 6.10 Å². The summed E-state index contributed by atoms with van der Waals surface area (Å²) in [7, 11) is 0. The van der Waals surface area contributed by atoms with Gasteiger partial charge in [0, 0.05) is 0 Å². The van der Waals surface area contributed by atoms with Crippen LogP contribution in [0.4, 0.5) is 0 Å². The quantitative estimate of drug-likeness (QED) is 0.242. The fourth-order valence-corrected chi connectivity index (χ4v) is 3.93.